The second kappa shape index (κ2) is 5.98. The van der Waals surface area contributed by atoms with E-state index in [-0.39, 0.29) is 23.6 Å². The van der Waals surface area contributed by atoms with Gasteiger partial charge in [0.1, 0.15) is 30.2 Å². The van der Waals surface area contributed by atoms with E-state index in [0.29, 0.717) is 0 Å². The van der Waals surface area contributed by atoms with Crippen molar-refractivity contribution < 1.29 is 14.8 Å². The monoisotopic (exact) mass is 260 g/mol. The topological polar surface area (TPSA) is 120 Å². The molecule has 8 nitrogen and oxygen atoms in total. The maximum Gasteiger partial charge on any atom is 0.323 e. The molecule has 0 aliphatic heterocycles. The number of carbonyl (C=O) groups is 1. The molecule has 1 aromatic rings. The molecule has 0 spiro atoms. The second-order valence-electron chi connectivity index (χ2n) is 3.39. The lowest BCUT2D eigenvalue weighted by atomic mass is 10.2. The largest absolute Gasteiger partial charge is 0.480 e. The Balaban J connectivity index is 3.24. The number of aliphatic carboxylic acids is 1. The van der Waals surface area contributed by atoms with Crippen LogP contribution in [0.3, 0.4) is 0 Å². The number of nitrogens with zero attached hydrogens (tertiary/aromatic N) is 4. The lowest BCUT2D eigenvalue weighted by molar-refractivity contribution is -0.385. The van der Waals surface area contributed by atoms with E-state index in [2.05, 4.69) is 10.9 Å². The molecule has 1 rings (SSSR count). The van der Waals surface area contributed by atoms with E-state index in [1.165, 1.54) is 4.90 Å². The zero-order chi connectivity index (χ0) is 14.4. The average Bonchev–Trinajstić information content (AvgIpc) is 2.36. The van der Waals surface area contributed by atoms with Crippen molar-refractivity contribution in [3.05, 3.63) is 27.9 Å². The predicted molar refractivity (Wildman–Crippen MR) is 64.3 cm³/mol. The molecule has 0 bridgehead atoms. The Hall–Kier alpha value is -3.13. The summed E-state index contributed by atoms with van der Waals surface area (Å²) in [6.07, 6.45) is 6.05. The minimum atomic E-state index is -1.15. The van der Waals surface area contributed by atoms with Gasteiger partial charge in [0.25, 0.3) is 5.69 Å². The summed E-state index contributed by atoms with van der Waals surface area (Å²) < 4.78 is 0. The molecule has 0 radical (unpaired) electrons. The number of pyridine rings is 1. The van der Waals surface area contributed by atoms with Gasteiger partial charge in [0.15, 0.2) is 0 Å². The van der Waals surface area contributed by atoms with Crippen LogP contribution in [0.25, 0.3) is 0 Å². The summed E-state index contributed by atoms with van der Waals surface area (Å²) in [6.45, 7) is -0.532. The molecule has 0 saturated heterocycles. The molecule has 1 aromatic heterocycles. The smallest absolute Gasteiger partial charge is 0.323 e. The van der Waals surface area contributed by atoms with Crippen molar-refractivity contribution >= 4 is 17.5 Å². The third kappa shape index (κ3) is 3.41. The van der Waals surface area contributed by atoms with Crippen LogP contribution in [-0.2, 0) is 4.79 Å². The fraction of sp³-hybridized carbons (Fsp3) is 0.182. The van der Waals surface area contributed by atoms with Crippen LogP contribution in [0.2, 0.25) is 0 Å². The molecule has 0 atom stereocenters. The van der Waals surface area contributed by atoms with Gasteiger partial charge in [-0.15, -0.1) is 6.42 Å². The van der Waals surface area contributed by atoms with Gasteiger partial charge in [-0.1, -0.05) is 5.92 Å². The highest BCUT2D eigenvalue weighted by Crippen LogP contribution is 2.21. The number of nitriles is 1. The quantitative estimate of drug-likeness (QED) is 0.461. The van der Waals surface area contributed by atoms with Crippen molar-refractivity contribution in [2.24, 2.45) is 0 Å². The molecule has 0 unspecified atom stereocenters. The number of aromatic nitrogens is 1. The molecule has 0 fully saturated rings. The Labute approximate surface area is 108 Å². The van der Waals surface area contributed by atoms with E-state index < -0.39 is 17.4 Å². The molecular formula is C11H8N4O4. The van der Waals surface area contributed by atoms with Crippen LogP contribution in [0.4, 0.5) is 11.5 Å². The molecule has 0 aromatic carbocycles. The summed E-state index contributed by atoms with van der Waals surface area (Å²) in [7, 11) is 0. The number of carboxylic acid groups (broad SMARTS) is 1. The van der Waals surface area contributed by atoms with Gasteiger partial charge in [-0.3, -0.25) is 14.9 Å². The van der Waals surface area contributed by atoms with Crippen LogP contribution in [-0.4, -0.2) is 34.1 Å². The number of nitro groups is 1. The third-order valence-corrected chi connectivity index (χ3v) is 2.09. The van der Waals surface area contributed by atoms with Crippen molar-refractivity contribution in [1.82, 2.24) is 4.98 Å². The van der Waals surface area contributed by atoms with Crippen molar-refractivity contribution in [2.75, 3.05) is 18.0 Å². The van der Waals surface area contributed by atoms with E-state index in [1.807, 2.05) is 0 Å². The minimum absolute atomic E-state index is 0.00782. The number of hydrogen-bond donors (Lipinski definition) is 1. The minimum Gasteiger partial charge on any atom is -0.480 e. The van der Waals surface area contributed by atoms with E-state index in [9.17, 15) is 14.9 Å². The van der Waals surface area contributed by atoms with Crippen molar-refractivity contribution in [3.8, 4) is 18.4 Å². The highest BCUT2D eigenvalue weighted by Gasteiger charge is 2.18. The Bertz CT molecular complexity index is 600. The summed E-state index contributed by atoms with van der Waals surface area (Å²) in [5.41, 5.74) is -0.456. The lowest BCUT2D eigenvalue weighted by Gasteiger charge is -2.19. The fourth-order valence-electron chi connectivity index (χ4n) is 1.36. The van der Waals surface area contributed by atoms with E-state index >= 15 is 0 Å². The van der Waals surface area contributed by atoms with Gasteiger partial charge in [0.2, 0.25) is 0 Å². The van der Waals surface area contributed by atoms with Crippen LogP contribution in [0, 0.1) is 33.8 Å². The molecule has 96 valence electrons. The predicted octanol–water partition coefficient (Wildman–Crippen LogP) is 0.386. The first kappa shape index (κ1) is 13.9. The van der Waals surface area contributed by atoms with Crippen LogP contribution in [0.15, 0.2) is 12.3 Å². The maximum atomic E-state index is 10.7. The number of terminal acetylenes is 1. The van der Waals surface area contributed by atoms with Crippen LogP contribution in [0.1, 0.15) is 5.56 Å². The Morgan fingerprint density at radius 1 is 1.68 bits per heavy atom. The van der Waals surface area contributed by atoms with Gasteiger partial charge >= 0.3 is 5.97 Å². The van der Waals surface area contributed by atoms with E-state index in [1.54, 1.807) is 6.07 Å². The van der Waals surface area contributed by atoms with Gasteiger partial charge in [-0.25, -0.2) is 4.98 Å². The summed E-state index contributed by atoms with van der Waals surface area (Å²) >= 11 is 0. The normalized spacial score (nSPS) is 9.16. The molecule has 1 N–H and O–H groups in total. The summed E-state index contributed by atoms with van der Waals surface area (Å²) in [6, 6.07) is 2.75. The number of carboxylic acids is 1. The second-order valence-corrected chi connectivity index (χ2v) is 3.39. The highest BCUT2D eigenvalue weighted by atomic mass is 16.6. The standard InChI is InChI=1S/C11H8N4O4/c1-2-3-14(7-10(16)17)11-8(5-12)4-9(6-13-11)15(18)19/h1,4,6H,3,7H2,(H,16,17). The average molecular weight is 260 g/mol. The molecule has 19 heavy (non-hydrogen) atoms. The molecule has 0 aliphatic carbocycles. The Morgan fingerprint density at radius 2 is 2.37 bits per heavy atom. The van der Waals surface area contributed by atoms with Gasteiger partial charge in [-0.2, -0.15) is 5.26 Å². The zero-order valence-corrected chi connectivity index (χ0v) is 9.61. The number of anilines is 1. The van der Waals surface area contributed by atoms with Crippen LogP contribution >= 0.6 is 0 Å². The van der Waals surface area contributed by atoms with Gasteiger partial charge in [0, 0.05) is 6.07 Å². The van der Waals surface area contributed by atoms with E-state index in [0.717, 1.165) is 12.3 Å². The molecule has 0 aliphatic rings. The van der Waals surface area contributed by atoms with Gasteiger partial charge < -0.3 is 10.0 Å². The first-order valence-corrected chi connectivity index (χ1v) is 4.94. The summed E-state index contributed by atoms with van der Waals surface area (Å²) in [4.78, 5) is 25.5. The number of hydrogen-bond acceptors (Lipinski definition) is 6. The summed E-state index contributed by atoms with van der Waals surface area (Å²) in [5.74, 6) is 1.09. The molecule has 1 heterocycles. The Kier molecular flexibility index (Phi) is 4.39. The van der Waals surface area contributed by atoms with E-state index in [4.69, 9.17) is 16.8 Å². The number of rotatable bonds is 5. The molecular weight excluding hydrogens is 252 g/mol. The summed E-state index contributed by atoms with van der Waals surface area (Å²) in [5, 5.41) is 28.3. The van der Waals surface area contributed by atoms with Gasteiger partial charge in [-0.05, 0) is 0 Å². The SMILES string of the molecule is C#CCN(CC(=O)O)c1ncc([N+](=O)[O-])cc1C#N. The Morgan fingerprint density at radius 3 is 2.84 bits per heavy atom. The third-order valence-electron chi connectivity index (χ3n) is 2.09. The fourth-order valence-corrected chi connectivity index (χ4v) is 1.36. The highest BCUT2D eigenvalue weighted by molar-refractivity contribution is 5.74. The van der Waals surface area contributed by atoms with Crippen LogP contribution < -0.4 is 4.90 Å². The van der Waals surface area contributed by atoms with Gasteiger partial charge in [0.05, 0.1) is 11.5 Å². The first-order valence-electron chi connectivity index (χ1n) is 4.94. The molecule has 0 amide bonds. The zero-order valence-electron chi connectivity index (χ0n) is 9.61. The van der Waals surface area contributed by atoms with Crippen molar-refractivity contribution in [1.29, 1.82) is 5.26 Å². The van der Waals surface area contributed by atoms with Crippen LogP contribution in [0.5, 0.6) is 0 Å². The lowest BCUT2D eigenvalue weighted by Crippen LogP contribution is -2.31. The maximum absolute atomic E-state index is 10.7. The van der Waals surface area contributed by atoms with Crippen molar-refractivity contribution in [3.63, 3.8) is 0 Å². The first-order chi connectivity index (χ1) is 8.99. The molecule has 8 heteroatoms. The molecule has 0 saturated carbocycles. The van der Waals surface area contributed by atoms with Crippen molar-refractivity contribution in [2.45, 2.75) is 0 Å².